The zero-order valence-electron chi connectivity index (χ0n) is 11.9. The lowest BCUT2D eigenvalue weighted by atomic mass is 10.2. The molecule has 0 aliphatic carbocycles. The van der Waals surface area contributed by atoms with Crippen molar-refractivity contribution in [1.29, 1.82) is 0 Å². The highest BCUT2D eigenvalue weighted by atomic mass is 35.6. The summed E-state index contributed by atoms with van der Waals surface area (Å²) in [7, 11) is 2.81. The predicted octanol–water partition coefficient (Wildman–Crippen LogP) is 3.43. The van der Waals surface area contributed by atoms with Gasteiger partial charge >= 0.3 is 5.97 Å². The van der Waals surface area contributed by atoms with Gasteiger partial charge in [0.1, 0.15) is 5.69 Å². The van der Waals surface area contributed by atoms with Crippen LogP contribution < -0.4 is 0 Å². The number of Topliss-reactive ketones (excluding diaryl/α,β-unsaturated/α-hetero) is 1. The quantitative estimate of drug-likeness (QED) is 0.445. The Hall–Kier alpha value is -0.750. The average molecular weight is 357 g/mol. The van der Waals surface area contributed by atoms with Crippen molar-refractivity contribution < 1.29 is 19.1 Å². The first-order valence-electron chi connectivity index (χ1n) is 6.16. The van der Waals surface area contributed by atoms with Gasteiger partial charge in [-0.25, -0.2) is 4.79 Å². The number of carbonyl (C=O) groups excluding carboxylic acids is 2. The summed E-state index contributed by atoms with van der Waals surface area (Å²) in [5.74, 6) is -1.28. The Morgan fingerprint density at radius 1 is 1.33 bits per heavy atom. The van der Waals surface area contributed by atoms with Crippen LogP contribution in [-0.2, 0) is 9.47 Å². The second-order valence-electron chi connectivity index (χ2n) is 4.36. The van der Waals surface area contributed by atoms with E-state index in [1.54, 1.807) is 11.7 Å². The van der Waals surface area contributed by atoms with Crippen molar-refractivity contribution in [1.82, 2.24) is 4.57 Å². The molecule has 1 atom stereocenters. The molecule has 0 aliphatic rings. The highest BCUT2D eigenvalue weighted by Gasteiger charge is 2.34. The van der Waals surface area contributed by atoms with E-state index in [1.165, 1.54) is 19.4 Å². The van der Waals surface area contributed by atoms with Gasteiger partial charge in [-0.05, 0) is 12.5 Å². The molecule has 5 nitrogen and oxygen atoms in total. The molecule has 0 N–H and O–H groups in total. The van der Waals surface area contributed by atoms with Crippen LogP contribution in [0.4, 0.5) is 0 Å². The molecule has 1 rings (SSSR count). The van der Waals surface area contributed by atoms with E-state index in [1.807, 2.05) is 6.92 Å². The van der Waals surface area contributed by atoms with Crippen LogP contribution in [0.1, 0.15) is 40.2 Å². The molecule has 1 heterocycles. The first-order chi connectivity index (χ1) is 9.76. The van der Waals surface area contributed by atoms with Crippen LogP contribution in [0.25, 0.3) is 0 Å². The minimum absolute atomic E-state index is 0.130. The van der Waals surface area contributed by atoms with Crippen molar-refractivity contribution in [3.05, 3.63) is 23.5 Å². The maximum absolute atomic E-state index is 12.0. The lowest BCUT2D eigenvalue weighted by Crippen LogP contribution is -2.19. The Morgan fingerprint density at radius 3 is 2.38 bits per heavy atom. The molecule has 0 saturated heterocycles. The fourth-order valence-corrected chi connectivity index (χ4v) is 2.25. The van der Waals surface area contributed by atoms with Crippen LogP contribution in [0.3, 0.4) is 0 Å². The smallest absolute Gasteiger partial charge is 0.354 e. The van der Waals surface area contributed by atoms with Crippen LogP contribution >= 0.6 is 34.8 Å². The molecular formula is C13H16Cl3NO4. The van der Waals surface area contributed by atoms with Crippen molar-refractivity contribution in [2.75, 3.05) is 20.8 Å². The molecule has 0 saturated carbocycles. The van der Waals surface area contributed by atoms with Gasteiger partial charge in [0.05, 0.1) is 19.8 Å². The molecule has 0 bridgehead atoms. The normalized spacial score (nSPS) is 13.0. The largest absolute Gasteiger partial charge is 0.464 e. The topological polar surface area (TPSA) is 57.5 Å². The van der Waals surface area contributed by atoms with Crippen molar-refractivity contribution in [3.8, 4) is 0 Å². The third-order valence-corrected chi connectivity index (χ3v) is 3.50. The highest BCUT2D eigenvalue weighted by molar-refractivity contribution is 6.77. The van der Waals surface area contributed by atoms with E-state index in [4.69, 9.17) is 44.3 Å². The molecule has 0 aromatic carbocycles. The SMILES string of the molecule is CCC(COC)n1cc(C(=O)C(Cl)(Cl)Cl)cc1C(=O)OC. The molecule has 0 amide bonds. The molecule has 21 heavy (non-hydrogen) atoms. The summed E-state index contributed by atoms with van der Waals surface area (Å²) in [6.45, 7) is 2.30. The van der Waals surface area contributed by atoms with Crippen molar-refractivity contribution in [3.63, 3.8) is 0 Å². The van der Waals surface area contributed by atoms with Crippen LogP contribution in [0.15, 0.2) is 12.3 Å². The molecule has 0 aliphatic heterocycles. The first-order valence-corrected chi connectivity index (χ1v) is 7.30. The summed E-state index contributed by atoms with van der Waals surface area (Å²) in [6, 6.07) is 1.22. The predicted molar refractivity (Wildman–Crippen MR) is 81.6 cm³/mol. The Morgan fingerprint density at radius 2 is 1.95 bits per heavy atom. The Balaban J connectivity index is 3.31. The standard InChI is InChI=1S/C13H16Cl3NO4/c1-4-9(7-20-2)17-6-8(11(18)13(14,15)16)5-10(17)12(19)21-3/h5-6,9H,4,7H2,1-3H3. The maximum Gasteiger partial charge on any atom is 0.354 e. The monoisotopic (exact) mass is 355 g/mol. The van der Waals surface area contributed by atoms with E-state index in [9.17, 15) is 9.59 Å². The highest BCUT2D eigenvalue weighted by Crippen LogP contribution is 2.32. The minimum Gasteiger partial charge on any atom is -0.464 e. The zero-order chi connectivity index (χ0) is 16.2. The summed E-state index contributed by atoms with van der Waals surface area (Å²) in [4.78, 5) is 23.9. The molecule has 118 valence electrons. The molecule has 8 heteroatoms. The number of methoxy groups -OCH3 is 2. The summed E-state index contributed by atoms with van der Waals surface area (Å²) in [5, 5.41) is 0. The fraction of sp³-hybridized carbons (Fsp3) is 0.538. The maximum atomic E-state index is 12.0. The number of carbonyl (C=O) groups is 2. The van der Waals surface area contributed by atoms with Crippen molar-refractivity contribution in [2.24, 2.45) is 0 Å². The van der Waals surface area contributed by atoms with Crippen molar-refractivity contribution >= 4 is 46.6 Å². The molecule has 1 aromatic rings. The molecule has 0 spiro atoms. The fourth-order valence-electron chi connectivity index (χ4n) is 1.92. The Labute approximate surface area is 138 Å². The Kier molecular flexibility index (Phi) is 6.53. The van der Waals surface area contributed by atoms with E-state index in [0.29, 0.717) is 13.0 Å². The van der Waals surface area contributed by atoms with Crippen molar-refractivity contribution in [2.45, 2.75) is 23.2 Å². The van der Waals surface area contributed by atoms with Crippen LogP contribution in [0, 0.1) is 0 Å². The lowest BCUT2D eigenvalue weighted by Gasteiger charge is -2.18. The molecule has 1 unspecified atom stereocenters. The van der Waals surface area contributed by atoms with Gasteiger partial charge in [0.2, 0.25) is 5.78 Å². The summed E-state index contributed by atoms with van der Waals surface area (Å²) >= 11 is 16.8. The summed E-state index contributed by atoms with van der Waals surface area (Å²) < 4.78 is 9.37. The van der Waals surface area contributed by atoms with E-state index >= 15 is 0 Å². The number of esters is 1. The number of ether oxygens (including phenoxy) is 2. The summed E-state index contributed by atoms with van der Waals surface area (Å²) in [5.41, 5.74) is 0.337. The van der Waals surface area contributed by atoms with E-state index in [0.717, 1.165) is 0 Å². The minimum atomic E-state index is -2.08. The van der Waals surface area contributed by atoms with Gasteiger partial charge in [0, 0.05) is 18.9 Å². The van der Waals surface area contributed by atoms with Gasteiger partial charge in [-0.3, -0.25) is 4.79 Å². The van der Waals surface area contributed by atoms with E-state index < -0.39 is 15.5 Å². The molecule has 1 aromatic heterocycles. The van der Waals surface area contributed by atoms with Gasteiger partial charge in [-0.15, -0.1) is 0 Å². The average Bonchev–Trinajstić information content (AvgIpc) is 2.86. The van der Waals surface area contributed by atoms with Gasteiger partial charge in [-0.1, -0.05) is 41.7 Å². The third-order valence-electron chi connectivity index (χ3n) is 2.99. The second-order valence-corrected chi connectivity index (χ2v) is 6.64. The van der Waals surface area contributed by atoms with E-state index in [2.05, 4.69) is 0 Å². The number of alkyl halides is 3. The summed E-state index contributed by atoms with van der Waals surface area (Å²) in [6.07, 6.45) is 2.16. The number of ketones is 1. The first kappa shape index (κ1) is 18.3. The zero-order valence-corrected chi connectivity index (χ0v) is 14.1. The number of hydrogen-bond donors (Lipinski definition) is 0. The number of hydrogen-bond acceptors (Lipinski definition) is 4. The van der Waals surface area contributed by atoms with Crippen LogP contribution in [0.5, 0.6) is 0 Å². The van der Waals surface area contributed by atoms with Crippen LogP contribution in [-0.4, -0.2) is 40.9 Å². The van der Waals surface area contributed by atoms with E-state index in [-0.39, 0.29) is 17.3 Å². The van der Waals surface area contributed by atoms with Gasteiger partial charge in [0.15, 0.2) is 0 Å². The number of aromatic nitrogens is 1. The second kappa shape index (κ2) is 7.49. The third kappa shape index (κ3) is 4.36. The van der Waals surface area contributed by atoms with Gasteiger partial charge < -0.3 is 14.0 Å². The van der Waals surface area contributed by atoms with Gasteiger partial charge in [0.25, 0.3) is 3.79 Å². The number of nitrogens with zero attached hydrogens (tertiary/aromatic N) is 1. The number of rotatable bonds is 6. The molecule has 0 radical (unpaired) electrons. The molecular weight excluding hydrogens is 341 g/mol. The van der Waals surface area contributed by atoms with Crippen LogP contribution in [0.2, 0.25) is 0 Å². The lowest BCUT2D eigenvalue weighted by molar-refractivity contribution is 0.0580. The number of halogens is 3. The van der Waals surface area contributed by atoms with Gasteiger partial charge in [-0.2, -0.15) is 0 Å². The molecule has 0 fully saturated rings. The Bertz CT molecular complexity index is 522.